The highest BCUT2D eigenvalue weighted by Crippen LogP contribution is 2.20. The van der Waals surface area contributed by atoms with Crippen molar-refractivity contribution in [1.82, 2.24) is 0 Å². The number of hydrogen-bond acceptors (Lipinski definition) is 3. The zero-order chi connectivity index (χ0) is 13.6. The molecule has 0 aliphatic rings. The van der Waals surface area contributed by atoms with E-state index in [1.165, 1.54) is 0 Å². The van der Waals surface area contributed by atoms with Crippen LogP contribution in [0.4, 0.5) is 0 Å². The van der Waals surface area contributed by atoms with Gasteiger partial charge in [0, 0.05) is 6.42 Å². The zero-order valence-electron chi connectivity index (χ0n) is 11.2. The summed E-state index contributed by atoms with van der Waals surface area (Å²) in [6, 6.07) is 8.69. The van der Waals surface area contributed by atoms with Gasteiger partial charge in [0.25, 0.3) is 0 Å². The van der Waals surface area contributed by atoms with Gasteiger partial charge in [0.1, 0.15) is 6.61 Å². The van der Waals surface area contributed by atoms with E-state index in [1.54, 1.807) is 24.3 Å². The Hall–Kier alpha value is -1.64. The van der Waals surface area contributed by atoms with Crippen molar-refractivity contribution in [2.75, 3.05) is 6.61 Å². The van der Waals surface area contributed by atoms with E-state index < -0.39 is 5.97 Å². The Kier molecular flexibility index (Phi) is 5.08. The number of esters is 1. The smallest absolute Gasteiger partial charge is 0.338 e. The first-order valence-electron chi connectivity index (χ1n) is 6.12. The van der Waals surface area contributed by atoms with Crippen molar-refractivity contribution in [3.63, 3.8) is 0 Å². The van der Waals surface area contributed by atoms with E-state index >= 15 is 0 Å². The Labute approximate surface area is 108 Å². The molecule has 0 saturated carbocycles. The second-order valence-electron chi connectivity index (χ2n) is 5.54. The van der Waals surface area contributed by atoms with E-state index in [-0.39, 0.29) is 17.8 Å². The molecule has 0 atom stereocenters. The third kappa shape index (κ3) is 5.62. The molecular weight excluding hydrogens is 228 g/mol. The molecule has 0 aliphatic carbocycles. The van der Waals surface area contributed by atoms with Crippen LogP contribution in [-0.2, 0) is 9.53 Å². The van der Waals surface area contributed by atoms with Crippen LogP contribution in [0, 0.1) is 5.41 Å². The second kappa shape index (κ2) is 6.34. The van der Waals surface area contributed by atoms with Gasteiger partial charge in [-0.2, -0.15) is 0 Å². The fourth-order valence-corrected chi connectivity index (χ4v) is 1.39. The summed E-state index contributed by atoms with van der Waals surface area (Å²) >= 11 is 0. The van der Waals surface area contributed by atoms with E-state index in [0.29, 0.717) is 12.0 Å². The number of rotatable bonds is 5. The maximum absolute atomic E-state index is 11.6. The van der Waals surface area contributed by atoms with Crippen molar-refractivity contribution in [1.29, 1.82) is 0 Å². The molecule has 1 aromatic carbocycles. The molecule has 1 aromatic rings. The van der Waals surface area contributed by atoms with E-state index in [0.717, 1.165) is 6.42 Å². The summed E-state index contributed by atoms with van der Waals surface area (Å²) in [5.41, 5.74) is 0.597. The first-order chi connectivity index (χ1) is 8.38. The molecule has 1 rings (SSSR count). The average Bonchev–Trinajstić information content (AvgIpc) is 2.33. The maximum atomic E-state index is 11.6. The number of Topliss-reactive ketones (excluding diaryl/α,β-unsaturated/α-hetero) is 1. The van der Waals surface area contributed by atoms with Crippen LogP contribution in [-0.4, -0.2) is 18.4 Å². The van der Waals surface area contributed by atoms with Crippen LogP contribution in [0.2, 0.25) is 0 Å². The second-order valence-corrected chi connectivity index (χ2v) is 5.54. The lowest BCUT2D eigenvalue weighted by Gasteiger charge is -2.16. The molecule has 0 N–H and O–H groups in total. The maximum Gasteiger partial charge on any atom is 0.338 e. The zero-order valence-corrected chi connectivity index (χ0v) is 11.2. The number of carbonyl (C=O) groups excluding carboxylic acids is 2. The van der Waals surface area contributed by atoms with Crippen molar-refractivity contribution in [2.24, 2.45) is 5.41 Å². The van der Waals surface area contributed by atoms with Crippen LogP contribution < -0.4 is 0 Å². The van der Waals surface area contributed by atoms with Crippen molar-refractivity contribution < 1.29 is 14.3 Å². The van der Waals surface area contributed by atoms with Gasteiger partial charge in [-0.25, -0.2) is 4.79 Å². The molecule has 18 heavy (non-hydrogen) atoms. The van der Waals surface area contributed by atoms with Gasteiger partial charge in [-0.05, 0) is 24.0 Å². The largest absolute Gasteiger partial charge is 0.454 e. The molecule has 0 aromatic heterocycles. The highest BCUT2D eigenvalue weighted by atomic mass is 16.5. The molecule has 0 fully saturated rings. The van der Waals surface area contributed by atoms with Crippen molar-refractivity contribution in [2.45, 2.75) is 33.6 Å². The van der Waals surface area contributed by atoms with Crippen molar-refractivity contribution in [3.8, 4) is 0 Å². The Morgan fingerprint density at radius 2 is 1.72 bits per heavy atom. The molecular formula is C15H20O3. The molecule has 0 spiro atoms. The van der Waals surface area contributed by atoms with Crippen LogP contribution >= 0.6 is 0 Å². The molecule has 0 unspecified atom stereocenters. The Morgan fingerprint density at radius 3 is 2.28 bits per heavy atom. The number of hydrogen-bond donors (Lipinski definition) is 0. The summed E-state index contributed by atoms with van der Waals surface area (Å²) in [4.78, 5) is 23.1. The normalized spacial score (nSPS) is 11.1. The molecule has 98 valence electrons. The van der Waals surface area contributed by atoms with E-state index in [9.17, 15) is 9.59 Å². The van der Waals surface area contributed by atoms with Crippen LogP contribution in [0.3, 0.4) is 0 Å². The molecule has 0 heterocycles. The van der Waals surface area contributed by atoms with E-state index in [4.69, 9.17) is 4.74 Å². The summed E-state index contributed by atoms with van der Waals surface area (Å²) in [5.74, 6) is -0.478. The fraction of sp³-hybridized carbons (Fsp3) is 0.467. The lowest BCUT2D eigenvalue weighted by Crippen LogP contribution is -2.16. The summed E-state index contributed by atoms with van der Waals surface area (Å²) in [5, 5.41) is 0. The summed E-state index contributed by atoms with van der Waals surface area (Å²) in [6.07, 6.45) is 1.25. The Morgan fingerprint density at radius 1 is 1.11 bits per heavy atom. The highest BCUT2D eigenvalue weighted by molar-refractivity contribution is 5.91. The van der Waals surface area contributed by atoms with Gasteiger partial charge in [0.2, 0.25) is 0 Å². The average molecular weight is 248 g/mol. The lowest BCUT2D eigenvalue weighted by atomic mass is 9.90. The van der Waals surface area contributed by atoms with Crippen LogP contribution in [0.15, 0.2) is 30.3 Å². The van der Waals surface area contributed by atoms with E-state index in [1.807, 2.05) is 6.07 Å². The Balaban J connectivity index is 2.33. The standard InChI is InChI=1S/C15H20O3/c1-15(2,3)10-9-13(16)11-18-14(17)12-7-5-4-6-8-12/h4-8H,9-11H2,1-3H3. The predicted molar refractivity (Wildman–Crippen MR) is 70.4 cm³/mol. The number of ether oxygens (including phenoxy) is 1. The van der Waals surface area contributed by atoms with Gasteiger partial charge in [-0.1, -0.05) is 39.0 Å². The molecule has 0 bridgehead atoms. The monoisotopic (exact) mass is 248 g/mol. The topological polar surface area (TPSA) is 43.4 Å². The summed E-state index contributed by atoms with van der Waals surface area (Å²) in [6.45, 7) is 6.10. The van der Waals surface area contributed by atoms with Gasteiger partial charge in [-0.15, -0.1) is 0 Å². The highest BCUT2D eigenvalue weighted by Gasteiger charge is 2.14. The minimum atomic E-state index is -0.445. The van der Waals surface area contributed by atoms with Gasteiger partial charge in [0.15, 0.2) is 5.78 Å². The quantitative estimate of drug-likeness (QED) is 0.751. The molecule has 3 heteroatoms. The predicted octanol–water partition coefficient (Wildman–Crippen LogP) is 3.24. The number of benzene rings is 1. The molecule has 0 aliphatic heterocycles. The molecule has 3 nitrogen and oxygen atoms in total. The summed E-state index contributed by atoms with van der Waals surface area (Å²) < 4.78 is 4.97. The van der Waals surface area contributed by atoms with E-state index in [2.05, 4.69) is 20.8 Å². The minimum absolute atomic E-state index is 0.0331. The minimum Gasteiger partial charge on any atom is -0.454 e. The van der Waals surface area contributed by atoms with Crippen molar-refractivity contribution >= 4 is 11.8 Å². The van der Waals surface area contributed by atoms with Gasteiger partial charge in [-0.3, -0.25) is 4.79 Å². The van der Waals surface area contributed by atoms with Crippen LogP contribution in [0.1, 0.15) is 44.0 Å². The SMILES string of the molecule is CC(C)(C)CCC(=O)COC(=O)c1ccccc1. The van der Waals surface area contributed by atoms with Crippen LogP contribution in [0.25, 0.3) is 0 Å². The van der Waals surface area contributed by atoms with Gasteiger partial charge >= 0.3 is 5.97 Å². The lowest BCUT2D eigenvalue weighted by molar-refractivity contribution is -0.122. The molecule has 0 radical (unpaired) electrons. The third-order valence-corrected chi connectivity index (χ3v) is 2.53. The van der Waals surface area contributed by atoms with Gasteiger partial charge < -0.3 is 4.74 Å². The summed E-state index contributed by atoms with van der Waals surface area (Å²) in [7, 11) is 0. The number of ketones is 1. The Bertz CT molecular complexity index is 401. The van der Waals surface area contributed by atoms with Crippen molar-refractivity contribution in [3.05, 3.63) is 35.9 Å². The van der Waals surface area contributed by atoms with Crippen LogP contribution in [0.5, 0.6) is 0 Å². The fourth-order valence-electron chi connectivity index (χ4n) is 1.39. The molecule has 0 saturated heterocycles. The number of carbonyl (C=O) groups is 2. The first-order valence-corrected chi connectivity index (χ1v) is 6.12. The third-order valence-electron chi connectivity index (χ3n) is 2.53. The molecule has 0 amide bonds. The van der Waals surface area contributed by atoms with Gasteiger partial charge in [0.05, 0.1) is 5.56 Å². The first kappa shape index (κ1) is 14.4.